The zero-order valence-electron chi connectivity index (χ0n) is 17.0. The summed E-state index contributed by atoms with van der Waals surface area (Å²) in [7, 11) is 0. The molecule has 0 fully saturated rings. The molecule has 1 amide bonds. The highest BCUT2D eigenvalue weighted by atomic mass is 35.5. The van der Waals surface area contributed by atoms with E-state index in [2.05, 4.69) is 5.32 Å². The molecule has 7 heteroatoms. The van der Waals surface area contributed by atoms with Crippen molar-refractivity contribution in [1.82, 2.24) is 5.32 Å². The van der Waals surface area contributed by atoms with Gasteiger partial charge in [-0.25, -0.2) is 4.79 Å². The van der Waals surface area contributed by atoms with E-state index >= 15 is 0 Å². The number of hydrogen-bond acceptors (Lipinski definition) is 5. The molecular formula is C21H30ClNO5. The second-order valence-electron chi connectivity index (χ2n) is 7.60. The van der Waals surface area contributed by atoms with Gasteiger partial charge in [0.15, 0.2) is 5.78 Å². The lowest BCUT2D eigenvalue weighted by atomic mass is 9.97. The monoisotopic (exact) mass is 411 g/mol. The number of carbonyl (C=O) groups excluding carboxylic acids is 3. The fourth-order valence-corrected chi connectivity index (χ4v) is 2.72. The first-order valence-corrected chi connectivity index (χ1v) is 9.98. The van der Waals surface area contributed by atoms with Crippen molar-refractivity contribution in [3.8, 4) is 0 Å². The first-order valence-electron chi connectivity index (χ1n) is 9.45. The summed E-state index contributed by atoms with van der Waals surface area (Å²) in [5, 5.41) is 2.59. The van der Waals surface area contributed by atoms with Crippen molar-refractivity contribution in [3.05, 3.63) is 35.9 Å². The number of hydrogen-bond donors (Lipinski definition) is 1. The SMILES string of the molecule is CCC[C@H](NC(=O)OC(C)(C)C)C(=O)C[C@@H](CCl)C(=O)OCc1ccccc1. The normalized spacial score (nSPS) is 13.3. The maximum Gasteiger partial charge on any atom is 0.408 e. The third kappa shape index (κ3) is 9.22. The van der Waals surface area contributed by atoms with E-state index in [9.17, 15) is 14.4 Å². The van der Waals surface area contributed by atoms with Crippen molar-refractivity contribution in [3.63, 3.8) is 0 Å². The van der Waals surface area contributed by atoms with Gasteiger partial charge in [0.05, 0.1) is 12.0 Å². The average molecular weight is 412 g/mol. The van der Waals surface area contributed by atoms with E-state index in [1.807, 2.05) is 37.3 Å². The van der Waals surface area contributed by atoms with Crippen molar-refractivity contribution in [2.24, 2.45) is 5.92 Å². The highest BCUT2D eigenvalue weighted by Gasteiger charge is 2.29. The molecule has 0 unspecified atom stereocenters. The molecule has 2 atom stereocenters. The van der Waals surface area contributed by atoms with Gasteiger partial charge in [0.25, 0.3) is 0 Å². The lowest BCUT2D eigenvalue weighted by Crippen LogP contribution is -2.44. The van der Waals surface area contributed by atoms with Crippen molar-refractivity contribution >= 4 is 29.4 Å². The molecule has 0 heterocycles. The van der Waals surface area contributed by atoms with E-state index in [0.29, 0.717) is 12.8 Å². The third-order valence-electron chi connectivity index (χ3n) is 3.85. The van der Waals surface area contributed by atoms with E-state index in [-0.39, 0.29) is 24.7 Å². The Bertz CT molecular complexity index is 642. The molecule has 0 saturated heterocycles. The van der Waals surface area contributed by atoms with Crippen LogP contribution in [-0.2, 0) is 25.7 Å². The molecule has 0 saturated carbocycles. The molecule has 1 rings (SSSR count). The van der Waals surface area contributed by atoms with Crippen molar-refractivity contribution < 1.29 is 23.9 Å². The minimum atomic E-state index is -0.766. The molecule has 1 aromatic carbocycles. The average Bonchev–Trinajstić information content (AvgIpc) is 2.63. The second-order valence-corrected chi connectivity index (χ2v) is 7.91. The van der Waals surface area contributed by atoms with Crippen LogP contribution < -0.4 is 5.32 Å². The number of alkyl carbamates (subject to hydrolysis) is 1. The van der Waals surface area contributed by atoms with Gasteiger partial charge in [-0.3, -0.25) is 9.59 Å². The first kappa shape index (κ1) is 24.0. The fourth-order valence-electron chi connectivity index (χ4n) is 2.48. The summed E-state index contributed by atoms with van der Waals surface area (Å²) in [6.45, 7) is 7.26. The van der Waals surface area contributed by atoms with E-state index in [4.69, 9.17) is 21.1 Å². The number of halogens is 1. The Morgan fingerprint density at radius 3 is 2.32 bits per heavy atom. The number of nitrogens with one attached hydrogen (secondary N) is 1. The Labute approximate surface area is 171 Å². The van der Waals surface area contributed by atoms with Gasteiger partial charge in [0.2, 0.25) is 0 Å². The molecule has 1 aromatic rings. The number of amides is 1. The van der Waals surface area contributed by atoms with Gasteiger partial charge in [0.1, 0.15) is 12.2 Å². The molecular weight excluding hydrogens is 382 g/mol. The number of ether oxygens (including phenoxy) is 2. The molecule has 0 aromatic heterocycles. The van der Waals surface area contributed by atoms with Gasteiger partial charge in [-0.15, -0.1) is 11.6 Å². The van der Waals surface area contributed by atoms with Crippen molar-refractivity contribution in [2.45, 2.75) is 65.2 Å². The number of esters is 1. The Morgan fingerprint density at radius 1 is 1.14 bits per heavy atom. The van der Waals surface area contributed by atoms with Crippen LogP contribution in [0.25, 0.3) is 0 Å². The summed E-state index contributed by atoms with van der Waals surface area (Å²) in [6.07, 6.45) is 0.383. The lowest BCUT2D eigenvalue weighted by molar-refractivity contribution is -0.150. The molecule has 0 radical (unpaired) electrons. The Morgan fingerprint density at radius 2 is 1.79 bits per heavy atom. The quantitative estimate of drug-likeness (QED) is 0.460. The minimum Gasteiger partial charge on any atom is -0.461 e. The standard InChI is InChI=1S/C21H30ClNO5/c1-5-9-17(23-20(26)28-21(2,3)4)18(24)12-16(13-22)19(25)27-14-15-10-7-6-8-11-15/h6-8,10-11,16-17H,5,9,12-14H2,1-4H3,(H,23,26)/t16-,17-/m0/s1. The molecule has 0 aliphatic heterocycles. The van der Waals surface area contributed by atoms with Crippen LogP contribution in [0.1, 0.15) is 52.5 Å². The van der Waals surface area contributed by atoms with Crippen LogP contribution in [0.3, 0.4) is 0 Å². The van der Waals surface area contributed by atoms with E-state index < -0.39 is 29.6 Å². The van der Waals surface area contributed by atoms with Gasteiger partial charge in [-0.1, -0.05) is 43.7 Å². The molecule has 1 N–H and O–H groups in total. The predicted molar refractivity (Wildman–Crippen MR) is 108 cm³/mol. The molecule has 0 bridgehead atoms. The van der Waals surface area contributed by atoms with Gasteiger partial charge in [0, 0.05) is 12.3 Å². The Hall–Kier alpha value is -2.08. The molecule has 0 spiro atoms. The summed E-state index contributed by atoms with van der Waals surface area (Å²) in [5.41, 5.74) is 0.190. The summed E-state index contributed by atoms with van der Waals surface area (Å²) in [5.74, 6) is -1.60. The van der Waals surface area contributed by atoms with Gasteiger partial charge >= 0.3 is 12.1 Å². The number of carbonyl (C=O) groups is 3. The topological polar surface area (TPSA) is 81.7 Å². The van der Waals surface area contributed by atoms with Gasteiger partial charge in [-0.2, -0.15) is 0 Å². The van der Waals surface area contributed by atoms with Crippen LogP contribution in [0.15, 0.2) is 30.3 Å². The van der Waals surface area contributed by atoms with Crippen LogP contribution in [0.2, 0.25) is 0 Å². The van der Waals surface area contributed by atoms with Crippen LogP contribution in [0, 0.1) is 5.92 Å². The van der Waals surface area contributed by atoms with Crippen LogP contribution >= 0.6 is 11.6 Å². The van der Waals surface area contributed by atoms with Crippen LogP contribution in [-0.4, -0.2) is 35.4 Å². The maximum absolute atomic E-state index is 12.6. The maximum atomic E-state index is 12.6. The smallest absolute Gasteiger partial charge is 0.408 e. The zero-order valence-corrected chi connectivity index (χ0v) is 17.8. The van der Waals surface area contributed by atoms with E-state index in [1.54, 1.807) is 20.8 Å². The summed E-state index contributed by atoms with van der Waals surface area (Å²) in [6, 6.07) is 8.53. The van der Waals surface area contributed by atoms with Crippen LogP contribution in [0.5, 0.6) is 0 Å². The highest BCUT2D eigenvalue weighted by Crippen LogP contribution is 2.15. The first-order chi connectivity index (χ1) is 13.2. The highest BCUT2D eigenvalue weighted by molar-refractivity contribution is 6.19. The third-order valence-corrected chi connectivity index (χ3v) is 4.22. The summed E-state index contributed by atoms with van der Waals surface area (Å²) >= 11 is 5.90. The number of benzene rings is 1. The Kier molecular flexibility index (Phi) is 10.0. The largest absolute Gasteiger partial charge is 0.461 e. The molecule has 0 aliphatic rings. The van der Waals surface area contributed by atoms with Gasteiger partial charge in [-0.05, 0) is 32.8 Å². The molecule has 156 valence electrons. The number of rotatable bonds is 10. The van der Waals surface area contributed by atoms with E-state index in [1.165, 1.54) is 0 Å². The Balaban J connectivity index is 2.64. The number of ketones is 1. The predicted octanol–water partition coefficient (Wildman–Crippen LogP) is 4.24. The lowest BCUT2D eigenvalue weighted by Gasteiger charge is -2.23. The molecule has 28 heavy (non-hydrogen) atoms. The van der Waals surface area contributed by atoms with Crippen LogP contribution in [0.4, 0.5) is 4.79 Å². The second kappa shape index (κ2) is 11.7. The number of alkyl halides is 1. The minimum absolute atomic E-state index is 0.0371. The molecule has 0 aliphatic carbocycles. The fraction of sp³-hybridized carbons (Fsp3) is 0.571. The zero-order chi connectivity index (χ0) is 21.2. The summed E-state index contributed by atoms with van der Waals surface area (Å²) in [4.78, 5) is 36.9. The summed E-state index contributed by atoms with van der Waals surface area (Å²) < 4.78 is 10.5. The molecule has 6 nitrogen and oxygen atoms in total. The van der Waals surface area contributed by atoms with Crippen molar-refractivity contribution in [1.29, 1.82) is 0 Å². The van der Waals surface area contributed by atoms with E-state index in [0.717, 1.165) is 5.56 Å². The van der Waals surface area contributed by atoms with Crippen molar-refractivity contribution in [2.75, 3.05) is 5.88 Å². The number of Topliss-reactive ketones (excluding diaryl/α,β-unsaturated/α-hetero) is 1. The van der Waals surface area contributed by atoms with Gasteiger partial charge < -0.3 is 14.8 Å².